The Morgan fingerprint density at radius 2 is 1.04 bits per heavy atom. The summed E-state index contributed by atoms with van der Waals surface area (Å²) in [5, 5.41) is 0. The van der Waals surface area contributed by atoms with E-state index >= 15 is 0 Å². The Hall–Kier alpha value is -2.55. The van der Waals surface area contributed by atoms with Gasteiger partial charge in [0.1, 0.15) is 0 Å². The number of allylic oxidation sites excluding steroid dienone is 2. The van der Waals surface area contributed by atoms with Crippen LogP contribution in [0.3, 0.4) is 0 Å². The fraction of sp³-hybridized carbons (Fsp3) is 0.349. The molecule has 230 valence electrons. The van der Waals surface area contributed by atoms with Crippen molar-refractivity contribution in [3.05, 3.63) is 129 Å². The molecule has 0 N–H and O–H groups in total. The predicted molar refractivity (Wildman–Crippen MR) is 196 cm³/mol. The van der Waals surface area contributed by atoms with Gasteiger partial charge in [-0.2, -0.15) is 0 Å². The van der Waals surface area contributed by atoms with Crippen molar-refractivity contribution in [3.8, 4) is 22.3 Å². The number of rotatable bonds is 5. The molecule has 7 rings (SSSR count). The zero-order chi connectivity index (χ0) is 31.5. The average molecular weight is 773 g/mol. The molecular weight excluding hydrogens is 723 g/mol. The van der Waals surface area contributed by atoms with E-state index < -0.39 is 22.6 Å². The van der Waals surface area contributed by atoms with Gasteiger partial charge in [0.15, 0.2) is 0 Å². The molecule has 0 aromatic heterocycles. The van der Waals surface area contributed by atoms with Gasteiger partial charge in [-0.15, -0.1) is 0 Å². The van der Waals surface area contributed by atoms with E-state index in [1.807, 2.05) is 0 Å². The van der Waals surface area contributed by atoms with E-state index in [0.29, 0.717) is 7.35 Å². The summed E-state index contributed by atoms with van der Waals surface area (Å²) < 4.78 is 7.02. The molecule has 4 aromatic rings. The summed E-state index contributed by atoms with van der Waals surface area (Å²) in [5.74, 6) is 0. The van der Waals surface area contributed by atoms with E-state index in [4.69, 9.17) is 0 Å². The second-order valence-corrected chi connectivity index (χ2v) is 62.4. The van der Waals surface area contributed by atoms with Gasteiger partial charge in [0.05, 0.1) is 0 Å². The molecule has 0 saturated heterocycles. The van der Waals surface area contributed by atoms with Gasteiger partial charge in [-0.25, -0.2) is 0 Å². The molecule has 0 aliphatic heterocycles. The molecule has 0 heterocycles. The molecule has 2 atom stereocenters. The van der Waals surface area contributed by atoms with E-state index in [1.165, 1.54) is 87.7 Å². The molecule has 3 aliphatic rings. The second kappa shape index (κ2) is 11.6. The molecular formula is C43H50HfSi. The Bertz CT molecular complexity index is 1830. The maximum atomic E-state index is 2.93. The monoisotopic (exact) mass is 774 g/mol. The topological polar surface area (TPSA) is 0 Å². The fourth-order valence-electron chi connectivity index (χ4n) is 9.61. The number of benzene rings is 4. The van der Waals surface area contributed by atoms with Gasteiger partial charge < -0.3 is 0 Å². The zero-order valence-electron chi connectivity index (χ0n) is 28.5. The quantitative estimate of drug-likeness (QED) is 0.177. The first-order valence-corrected chi connectivity index (χ1v) is 36.2. The Labute approximate surface area is 273 Å². The van der Waals surface area contributed by atoms with E-state index in [0.717, 1.165) is 5.54 Å². The Kier molecular flexibility index (Phi) is 8.01. The predicted octanol–water partition coefficient (Wildman–Crippen LogP) is 12.8. The van der Waals surface area contributed by atoms with Crippen molar-refractivity contribution in [2.45, 2.75) is 88.6 Å². The van der Waals surface area contributed by atoms with Crippen molar-refractivity contribution in [2.75, 3.05) is 0 Å². The van der Waals surface area contributed by atoms with Gasteiger partial charge >= 0.3 is 275 Å². The van der Waals surface area contributed by atoms with E-state index in [-0.39, 0.29) is 0 Å². The zero-order valence-corrected chi connectivity index (χ0v) is 33.1. The van der Waals surface area contributed by atoms with Crippen molar-refractivity contribution < 1.29 is 17.1 Å². The second-order valence-electron chi connectivity index (χ2n) is 15.6. The van der Waals surface area contributed by atoms with Crippen LogP contribution < -0.4 is 0 Å². The molecule has 0 nitrogen and oxygen atoms in total. The molecule has 2 unspecified atom stereocenters. The SMILES string of the molecule is Cc1ccc(C)c(-c2cccc3c2C=C[CH]3[Hf]([CH3])([CH3])([CH]2C=Cc3c(-c4cc(C)ccc4C)cccc32)=[Si](C)C2CCCCC2)c1. The van der Waals surface area contributed by atoms with Crippen LogP contribution in [-0.2, 0) is 17.1 Å². The van der Waals surface area contributed by atoms with E-state index in [2.05, 4.69) is 141 Å². The number of aryl methyl sites for hydroxylation is 4. The fourth-order valence-corrected chi connectivity index (χ4v) is 59.9. The van der Waals surface area contributed by atoms with Gasteiger partial charge in [-0.1, -0.05) is 0 Å². The molecule has 4 aromatic carbocycles. The van der Waals surface area contributed by atoms with Crippen LogP contribution in [0.25, 0.3) is 34.4 Å². The summed E-state index contributed by atoms with van der Waals surface area (Å²) in [4.78, 5) is 0. The summed E-state index contributed by atoms with van der Waals surface area (Å²) in [6.45, 7) is 11.8. The normalized spacial score (nSPS) is 19.6. The molecule has 1 fully saturated rings. The standard InChI is InChI=1S/2C17H15.C7H14Si.2CH3.Hf/c2*1-12-9-10-13(2)17(11-12)16-8-4-6-14-5-3-7-15(14)16;1-8-7-5-3-2-4-6-7;;;/h2*3-11H,1-2H3;7H,2-6H2,1H3;2*1H3;. The van der Waals surface area contributed by atoms with Crippen molar-refractivity contribution in [3.63, 3.8) is 0 Å². The number of hydrogen-bond acceptors (Lipinski definition) is 0. The van der Waals surface area contributed by atoms with Crippen molar-refractivity contribution >= 4 is 17.6 Å². The molecule has 0 bridgehead atoms. The van der Waals surface area contributed by atoms with E-state index in [9.17, 15) is 0 Å². The summed E-state index contributed by atoms with van der Waals surface area (Å²) in [6, 6.07) is 28.4. The third-order valence-corrected chi connectivity index (χ3v) is 70.6. The Morgan fingerprint density at radius 3 is 1.51 bits per heavy atom. The summed E-state index contributed by atoms with van der Waals surface area (Å²) >= 11 is -3.90. The van der Waals surface area contributed by atoms with Gasteiger partial charge in [0.25, 0.3) is 0 Å². The minimum absolute atomic E-state index is 0.577. The third-order valence-electron chi connectivity index (χ3n) is 12.6. The number of fused-ring (bicyclic) bond motifs is 2. The van der Waals surface area contributed by atoms with Crippen LogP contribution in [0.4, 0.5) is 0 Å². The van der Waals surface area contributed by atoms with Crippen LogP contribution in [0.5, 0.6) is 0 Å². The third kappa shape index (κ3) is 5.01. The van der Waals surface area contributed by atoms with Crippen molar-refractivity contribution in [1.82, 2.24) is 0 Å². The summed E-state index contributed by atoms with van der Waals surface area (Å²) in [7, 11) is 0. The molecule has 3 aliphatic carbocycles. The van der Waals surface area contributed by atoms with Crippen LogP contribution in [0.2, 0.25) is 21.4 Å². The maximum absolute atomic E-state index is 3.90. The molecule has 45 heavy (non-hydrogen) atoms. The van der Waals surface area contributed by atoms with Crippen molar-refractivity contribution in [1.29, 1.82) is 0 Å². The van der Waals surface area contributed by atoms with Gasteiger partial charge in [0.2, 0.25) is 0 Å². The molecule has 1 saturated carbocycles. The summed E-state index contributed by atoms with van der Waals surface area (Å²) in [6.07, 6.45) is 17.7. The van der Waals surface area contributed by atoms with E-state index in [1.54, 1.807) is 11.1 Å². The Morgan fingerprint density at radius 1 is 0.578 bits per heavy atom. The van der Waals surface area contributed by atoms with Gasteiger partial charge in [-0.05, 0) is 0 Å². The van der Waals surface area contributed by atoms with Crippen molar-refractivity contribution in [2.24, 2.45) is 0 Å². The van der Waals surface area contributed by atoms with Crippen LogP contribution in [0, 0.1) is 27.7 Å². The molecule has 0 amide bonds. The van der Waals surface area contributed by atoms with Crippen LogP contribution in [0.15, 0.2) is 84.9 Å². The Balaban J connectivity index is 1.45. The summed E-state index contributed by atoms with van der Waals surface area (Å²) in [5.41, 5.74) is 17.6. The van der Waals surface area contributed by atoms with Crippen LogP contribution >= 0.6 is 0 Å². The first-order chi connectivity index (χ1) is 21.6. The average Bonchev–Trinajstić information content (AvgIpc) is 3.70. The van der Waals surface area contributed by atoms with Crippen LogP contribution in [-0.4, -0.2) is 5.49 Å². The van der Waals surface area contributed by atoms with Gasteiger partial charge in [0, 0.05) is 0 Å². The first-order valence-electron chi connectivity index (χ1n) is 17.4. The minimum atomic E-state index is -3.90. The molecule has 0 spiro atoms. The molecule has 0 radical (unpaired) electrons. The molecule has 2 heteroatoms. The number of hydrogen-bond donors (Lipinski definition) is 0. The van der Waals surface area contributed by atoms with Gasteiger partial charge in [-0.3, -0.25) is 0 Å². The first kappa shape index (κ1) is 31.1. The van der Waals surface area contributed by atoms with Crippen LogP contribution in [0.1, 0.15) is 84.0 Å².